The summed E-state index contributed by atoms with van der Waals surface area (Å²) in [6.07, 6.45) is -3.15. The van der Waals surface area contributed by atoms with Crippen LogP contribution in [0.1, 0.15) is 53.5 Å². The van der Waals surface area contributed by atoms with Crippen LogP contribution >= 0.6 is 0 Å². The Labute approximate surface area is 307 Å². The summed E-state index contributed by atoms with van der Waals surface area (Å²) in [5, 5.41) is 11.2. The van der Waals surface area contributed by atoms with Gasteiger partial charge in [-0.05, 0) is 59.2 Å². The minimum Gasteiger partial charge on any atom is -0.467 e. The molecular weight excluding hydrogens is 694 g/mol. The molecule has 2 saturated heterocycles. The van der Waals surface area contributed by atoms with Crippen molar-refractivity contribution in [1.29, 1.82) is 0 Å². The predicted molar refractivity (Wildman–Crippen MR) is 188 cm³/mol. The number of non-ortho nitro benzene ring substituents is 1. The smallest absolute Gasteiger partial charge is 0.415 e. The van der Waals surface area contributed by atoms with Crippen molar-refractivity contribution >= 4 is 36.0 Å². The lowest BCUT2D eigenvalue weighted by Crippen LogP contribution is -2.62. The van der Waals surface area contributed by atoms with Crippen LogP contribution in [0, 0.1) is 10.1 Å². The molecule has 0 saturated carbocycles. The largest absolute Gasteiger partial charge is 0.467 e. The van der Waals surface area contributed by atoms with Crippen molar-refractivity contribution in [3.05, 3.63) is 70.3 Å². The number of esters is 1. The van der Waals surface area contributed by atoms with Gasteiger partial charge < -0.3 is 33.5 Å². The lowest BCUT2D eigenvalue weighted by atomic mass is 10.1. The molecule has 0 aliphatic carbocycles. The molecule has 0 spiro atoms. The summed E-state index contributed by atoms with van der Waals surface area (Å²) < 4.78 is 27.5. The van der Waals surface area contributed by atoms with E-state index in [0.29, 0.717) is 5.56 Å². The van der Waals surface area contributed by atoms with Crippen LogP contribution in [0.2, 0.25) is 0 Å². The normalized spacial score (nSPS) is 18.8. The molecule has 288 valence electrons. The van der Waals surface area contributed by atoms with E-state index < -0.39 is 64.6 Å². The third kappa shape index (κ3) is 11.2. The molecule has 0 unspecified atom stereocenters. The van der Waals surface area contributed by atoms with Crippen molar-refractivity contribution in [2.45, 2.75) is 83.9 Å². The molecule has 4 amide bonds. The van der Waals surface area contributed by atoms with Crippen molar-refractivity contribution in [3.8, 4) is 5.75 Å². The number of carbonyl (C=O) groups excluding carboxylic acids is 5. The van der Waals surface area contributed by atoms with Gasteiger partial charge in [0.1, 0.15) is 29.6 Å². The first kappa shape index (κ1) is 40.2. The van der Waals surface area contributed by atoms with Crippen molar-refractivity contribution < 1.29 is 52.6 Å². The lowest BCUT2D eigenvalue weighted by Gasteiger charge is -2.44. The molecule has 0 bridgehead atoms. The molecule has 2 aromatic carbocycles. The van der Waals surface area contributed by atoms with Gasteiger partial charge >= 0.3 is 30.3 Å². The number of methoxy groups -OCH3 is 1. The van der Waals surface area contributed by atoms with E-state index in [1.54, 1.807) is 65.8 Å². The van der Waals surface area contributed by atoms with Crippen LogP contribution < -0.4 is 4.74 Å². The van der Waals surface area contributed by atoms with E-state index in [2.05, 4.69) is 0 Å². The average Bonchev–Trinajstić information content (AvgIpc) is 3.53. The molecule has 2 aliphatic rings. The molecule has 0 radical (unpaired) electrons. The van der Waals surface area contributed by atoms with Crippen molar-refractivity contribution in [1.82, 2.24) is 19.6 Å². The molecule has 17 heteroatoms. The quantitative estimate of drug-likeness (QED) is 0.149. The van der Waals surface area contributed by atoms with Crippen molar-refractivity contribution in [2.24, 2.45) is 0 Å². The number of nitro groups is 1. The Morgan fingerprint density at radius 3 is 2.04 bits per heavy atom. The number of nitrogens with zero attached hydrogens (tertiary/aromatic N) is 5. The van der Waals surface area contributed by atoms with Gasteiger partial charge in [-0.15, -0.1) is 0 Å². The second kappa shape index (κ2) is 16.8. The van der Waals surface area contributed by atoms with Gasteiger partial charge in [-0.1, -0.05) is 30.3 Å². The Balaban J connectivity index is 1.68. The number of piperazine rings is 1. The van der Waals surface area contributed by atoms with Gasteiger partial charge in [0.25, 0.3) is 5.69 Å². The number of amides is 4. The summed E-state index contributed by atoms with van der Waals surface area (Å²) in [5.74, 6) is -0.757. The van der Waals surface area contributed by atoms with E-state index in [0.717, 1.165) is 0 Å². The highest BCUT2D eigenvalue weighted by molar-refractivity contribution is 5.83. The van der Waals surface area contributed by atoms with E-state index in [1.807, 2.05) is 6.07 Å². The maximum Gasteiger partial charge on any atom is 0.415 e. The number of nitro benzene ring substituents is 1. The maximum atomic E-state index is 14.1. The van der Waals surface area contributed by atoms with Crippen LogP contribution in [0.25, 0.3) is 0 Å². The average molecular weight is 742 g/mol. The monoisotopic (exact) mass is 741 g/mol. The summed E-state index contributed by atoms with van der Waals surface area (Å²) in [7, 11) is 1.18. The SMILES string of the molecule is COC(=O)[C@H]1C[C@H](N(C[C@@H]2CN(C(=O)OC(C)(C)C)CCN2C(=O)OC(C)(C)C)C(=O)Oc2ccc([N+](=O)[O-])cc2)CN1C(=O)OCc1ccccc1. The Kier molecular flexibility index (Phi) is 12.7. The minimum absolute atomic E-state index is 0.0183. The number of hydrogen-bond acceptors (Lipinski definition) is 12. The first-order chi connectivity index (χ1) is 24.8. The molecule has 0 N–H and O–H groups in total. The predicted octanol–water partition coefficient (Wildman–Crippen LogP) is 5.20. The third-order valence-corrected chi connectivity index (χ3v) is 8.29. The number of ether oxygens (including phenoxy) is 5. The fraction of sp³-hybridized carbons (Fsp3) is 0.528. The number of likely N-dealkylation sites (tertiary alicyclic amines) is 1. The Bertz CT molecular complexity index is 1640. The van der Waals surface area contributed by atoms with E-state index in [9.17, 15) is 34.1 Å². The zero-order chi connectivity index (χ0) is 39.1. The Morgan fingerprint density at radius 2 is 1.45 bits per heavy atom. The minimum atomic E-state index is -1.14. The van der Waals surface area contributed by atoms with Gasteiger partial charge in [-0.2, -0.15) is 0 Å². The number of benzene rings is 2. The highest BCUT2D eigenvalue weighted by Crippen LogP contribution is 2.28. The first-order valence-corrected chi connectivity index (χ1v) is 17.1. The van der Waals surface area contributed by atoms with Gasteiger partial charge in [0.2, 0.25) is 0 Å². The summed E-state index contributed by atoms with van der Waals surface area (Å²) in [5.41, 5.74) is -1.17. The van der Waals surface area contributed by atoms with Gasteiger partial charge in [-0.25, -0.2) is 24.0 Å². The maximum absolute atomic E-state index is 14.1. The van der Waals surface area contributed by atoms with Crippen LogP contribution in [-0.4, -0.2) is 124 Å². The zero-order valence-corrected chi connectivity index (χ0v) is 31.0. The number of rotatable bonds is 8. The number of hydrogen-bond donors (Lipinski definition) is 0. The molecule has 53 heavy (non-hydrogen) atoms. The zero-order valence-electron chi connectivity index (χ0n) is 31.0. The van der Waals surface area contributed by atoms with E-state index in [1.165, 1.54) is 51.0 Å². The highest BCUT2D eigenvalue weighted by Gasteiger charge is 2.47. The Morgan fingerprint density at radius 1 is 0.830 bits per heavy atom. The fourth-order valence-electron chi connectivity index (χ4n) is 5.86. The Hall–Kier alpha value is -5.61. The summed E-state index contributed by atoms with van der Waals surface area (Å²) in [4.78, 5) is 83.2. The van der Waals surface area contributed by atoms with Gasteiger partial charge in [0.15, 0.2) is 0 Å². The summed E-state index contributed by atoms with van der Waals surface area (Å²) in [6, 6.07) is 10.9. The summed E-state index contributed by atoms with van der Waals surface area (Å²) in [6.45, 7) is 9.90. The molecular formula is C36H47N5O12. The van der Waals surface area contributed by atoms with Gasteiger partial charge in [0, 0.05) is 51.3 Å². The summed E-state index contributed by atoms with van der Waals surface area (Å²) >= 11 is 0. The molecule has 2 heterocycles. The van der Waals surface area contributed by atoms with Crippen LogP contribution in [0.3, 0.4) is 0 Å². The van der Waals surface area contributed by atoms with E-state index >= 15 is 0 Å². The second-order valence-electron chi connectivity index (χ2n) is 14.6. The molecule has 2 aromatic rings. The number of carbonyl (C=O) groups is 5. The van der Waals surface area contributed by atoms with Crippen molar-refractivity contribution in [3.63, 3.8) is 0 Å². The standard InChI is InChI=1S/C36H47N5O12/c1-35(2,3)52-31(43)37-17-18-38(34(46)53-36(4,5)6)27(20-37)22-39(33(45)51-28-15-13-25(14-16-28)41(47)48)26-19-29(30(42)49-7)40(21-26)32(44)50-23-24-11-9-8-10-12-24/h8-16,26-27,29H,17-23H2,1-7H3/t26-,27-,29+/m0/s1. The van der Waals surface area contributed by atoms with E-state index in [-0.39, 0.29) is 57.2 Å². The van der Waals surface area contributed by atoms with Crippen molar-refractivity contribution in [2.75, 3.05) is 39.8 Å². The fourth-order valence-corrected chi connectivity index (χ4v) is 5.86. The van der Waals surface area contributed by atoms with Gasteiger partial charge in [-0.3, -0.25) is 19.9 Å². The van der Waals surface area contributed by atoms with Crippen LogP contribution in [0.5, 0.6) is 5.75 Å². The highest BCUT2D eigenvalue weighted by atomic mass is 16.6. The molecule has 2 fully saturated rings. The molecule has 17 nitrogen and oxygen atoms in total. The van der Waals surface area contributed by atoms with Crippen LogP contribution in [0.15, 0.2) is 54.6 Å². The second-order valence-corrected chi connectivity index (χ2v) is 14.6. The van der Waals surface area contributed by atoms with Gasteiger partial charge in [0.05, 0.1) is 24.1 Å². The molecule has 0 aromatic heterocycles. The molecule has 4 rings (SSSR count). The topological polar surface area (TPSA) is 188 Å². The third-order valence-electron chi connectivity index (χ3n) is 8.29. The lowest BCUT2D eigenvalue weighted by molar-refractivity contribution is -0.384. The molecule has 3 atom stereocenters. The molecule has 2 aliphatic heterocycles. The van der Waals surface area contributed by atoms with E-state index in [4.69, 9.17) is 23.7 Å². The first-order valence-electron chi connectivity index (χ1n) is 17.1. The van der Waals surface area contributed by atoms with Crippen LogP contribution in [-0.2, 0) is 30.3 Å². The van der Waals surface area contributed by atoms with Crippen LogP contribution in [0.4, 0.5) is 24.9 Å².